The molecular weight excluding hydrogens is 694 g/mol. The van der Waals surface area contributed by atoms with Crippen molar-refractivity contribution in [3.05, 3.63) is 99.5 Å². The van der Waals surface area contributed by atoms with Gasteiger partial charge in [-0.3, -0.25) is 18.9 Å². The van der Waals surface area contributed by atoms with Gasteiger partial charge in [-0.2, -0.15) is 0 Å². The Labute approximate surface area is 293 Å². The number of ether oxygens (including phenoxy) is 1. The first-order valence-electron chi connectivity index (χ1n) is 17.2. The fraction of sp³-hybridized carbons (Fsp3) is 0.471. The fourth-order valence-electron chi connectivity index (χ4n) is 7.40. The molecule has 3 saturated heterocycles. The van der Waals surface area contributed by atoms with Crippen molar-refractivity contribution in [1.29, 1.82) is 0 Å². The van der Waals surface area contributed by atoms with Crippen molar-refractivity contribution < 1.29 is 22.9 Å². The number of rotatable bonds is 12. The van der Waals surface area contributed by atoms with E-state index in [1.807, 2.05) is 0 Å². The highest BCUT2D eigenvalue weighted by atomic mass is 31.2. The van der Waals surface area contributed by atoms with E-state index in [4.69, 9.17) is 18.3 Å². The second-order valence-electron chi connectivity index (χ2n) is 13.6. The average molecular weight is 739 g/mol. The Kier molecular flexibility index (Phi) is 10.3. The summed E-state index contributed by atoms with van der Waals surface area (Å²) in [5, 5.41) is 11.1. The Bertz CT molecular complexity index is 1920. The van der Waals surface area contributed by atoms with Crippen LogP contribution in [0.1, 0.15) is 38.0 Å². The summed E-state index contributed by atoms with van der Waals surface area (Å²) in [6.45, 7) is 8.80. The topological polar surface area (TPSA) is 143 Å². The molecular formula is C34H44N6O7P2Si. The van der Waals surface area contributed by atoms with Gasteiger partial charge < -0.3 is 18.3 Å². The summed E-state index contributed by atoms with van der Waals surface area (Å²) in [6, 6.07) is 22.8. The zero-order chi connectivity index (χ0) is 35.0. The van der Waals surface area contributed by atoms with Crippen LogP contribution in [-0.2, 0) is 29.4 Å². The van der Waals surface area contributed by atoms with Gasteiger partial charge in [0, 0.05) is 37.4 Å². The van der Waals surface area contributed by atoms with E-state index in [9.17, 15) is 14.2 Å². The predicted molar refractivity (Wildman–Crippen MR) is 194 cm³/mol. The molecule has 13 nitrogen and oxygen atoms in total. The first-order chi connectivity index (χ1) is 24.1. The molecule has 1 N–H and O–H groups in total. The lowest BCUT2D eigenvalue weighted by Crippen LogP contribution is -2.58. The molecule has 3 aliphatic heterocycles. The first kappa shape index (κ1) is 35.3. The summed E-state index contributed by atoms with van der Waals surface area (Å²) in [4.78, 5) is 27.5. The second kappa shape index (κ2) is 14.5. The Morgan fingerprint density at radius 3 is 2.44 bits per heavy atom. The zero-order valence-corrected chi connectivity index (χ0v) is 31.5. The average Bonchev–Trinajstić information content (AvgIpc) is 3.91. The predicted octanol–water partition coefficient (Wildman–Crippen LogP) is 3.36. The minimum Gasteiger partial charge on any atom is -0.350 e. The van der Waals surface area contributed by atoms with Crippen LogP contribution in [0, 0.1) is 6.92 Å². The van der Waals surface area contributed by atoms with Crippen molar-refractivity contribution in [3.63, 3.8) is 0 Å². The van der Waals surface area contributed by atoms with Crippen LogP contribution in [0.5, 0.6) is 0 Å². The SMILES string of the molecule is CCOP(C)(=O)c1cn(C[C@H]2O[C@@H](n3cc(C)c(=O)[nH]c3=O)CC2OP2O[C@H](C[Si](C)(c3ccccc3)c3ccccc3)[C@@H]3CCCN32)nn1. The Balaban J connectivity index is 1.15. The molecule has 4 aromatic rings. The van der Waals surface area contributed by atoms with E-state index >= 15 is 0 Å². The standard InChI is InChI=1S/C34H44N6O7P2Si/c1-5-44-49(3,43)31-22-38(37-36-31)21-29-28(19-32(45-29)39-20-24(2)33(41)35-34(39)42)46-48-40-18-12-17-27(40)30(47-48)23-50(4,25-13-8-6-9-14-25)26-15-10-7-11-16-26/h6-11,13-16,20,22,27-30,32H,5,12,17-19,21,23H2,1-4H3,(H,35,41,42)/t27-,28?,29+,30+,32+,48?,49?/m0/s1. The van der Waals surface area contributed by atoms with E-state index in [2.05, 4.69) is 87.2 Å². The third-order valence-corrected chi connectivity index (χ3v) is 18.2. The molecule has 3 unspecified atom stereocenters. The van der Waals surface area contributed by atoms with Crippen molar-refractivity contribution in [1.82, 2.24) is 29.2 Å². The summed E-state index contributed by atoms with van der Waals surface area (Å²) in [5.74, 6) is 0. The van der Waals surface area contributed by atoms with Crippen LogP contribution in [0.25, 0.3) is 0 Å². The van der Waals surface area contributed by atoms with Gasteiger partial charge in [0.2, 0.25) is 7.37 Å². The van der Waals surface area contributed by atoms with Crippen molar-refractivity contribution in [2.24, 2.45) is 0 Å². The van der Waals surface area contributed by atoms with Crippen LogP contribution < -0.4 is 27.1 Å². The lowest BCUT2D eigenvalue weighted by Gasteiger charge is -2.32. The molecule has 0 bridgehead atoms. The molecule has 0 radical (unpaired) electrons. The second-order valence-corrected chi connectivity index (χ2v) is 21.6. The maximum atomic E-state index is 13.0. The number of H-pyrrole nitrogens is 1. The number of nitrogens with zero attached hydrogens (tertiary/aromatic N) is 5. The molecule has 5 heterocycles. The number of hydrogen-bond donors (Lipinski definition) is 1. The molecule has 3 fully saturated rings. The van der Waals surface area contributed by atoms with Crippen molar-refractivity contribution in [3.8, 4) is 0 Å². The molecule has 0 amide bonds. The smallest absolute Gasteiger partial charge is 0.330 e. The zero-order valence-electron chi connectivity index (χ0n) is 28.8. The van der Waals surface area contributed by atoms with E-state index in [0.29, 0.717) is 12.0 Å². The highest BCUT2D eigenvalue weighted by Crippen LogP contribution is 2.58. The lowest BCUT2D eigenvalue weighted by molar-refractivity contribution is -0.0272. The van der Waals surface area contributed by atoms with E-state index in [1.165, 1.54) is 27.8 Å². The van der Waals surface area contributed by atoms with Crippen molar-refractivity contribution in [2.75, 3.05) is 19.8 Å². The summed E-state index contributed by atoms with van der Waals surface area (Å²) in [7, 11) is -6.76. The number of benzene rings is 2. The normalized spacial score (nSPS) is 26.6. The number of fused-ring (bicyclic) bond motifs is 1. The van der Waals surface area contributed by atoms with Gasteiger partial charge in [0.15, 0.2) is 5.44 Å². The van der Waals surface area contributed by atoms with Crippen LogP contribution in [0.2, 0.25) is 12.6 Å². The first-order valence-corrected chi connectivity index (χ1v) is 23.1. The van der Waals surface area contributed by atoms with Gasteiger partial charge >= 0.3 is 5.69 Å². The molecule has 16 heteroatoms. The third kappa shape index (κ3) is 7.05. The minimum absolute atomic E-state index is 0.00290. The fourth-order valence-corrected chi connectivity index (χ4v) is 14.5. The maximum Gasteiger partial charge on any atom is 0.330 e. The van der Waals surface area contributed by atoms with Gasteiger partial charge in [-0.1, -0.05) is 82.8 Å². The van der Waals surface area contributed by atoms with Gasteiger partial charge in [0.1, 0.15) is 20.4 Å². The third-order valence-electron chi connectivity index (χ3n) is 10.1. The van der Waals surface area contributed by atoms with E-state index in [-0.39, 0.29) is 30.7 Å². The highest BCUT2D eigenvalue weighted by molar-refractivity contribution is 7.65. The molecule has 3 aliphatic rings. The maximum absolute atomic E-state index is 13.0. The highest BCUT2D eigenvalue weighted by Gasteiger charge is 2.52. The molecule has 2 aromatic carbocycles. The van der Waals surface area contributed by atoms with Gasteiger partial charge in [-0.25, -0.2) is 14.1 Å². The summed E-state index contributed by atoms with van der Waals surface area (Å²) >= 11 is 0. The molecule has 50 heavy (non-hydrogen) atoms. The molecule has 266 valence electrons. The molecule has 0 aliphatic carbocycles. The Morgan fingerprint density at radius 2 is 1.76 bits per heavy atom. The van der Waals surface area contributed by atoms with Gasteiger partial charge in [-0.15, -0.1) is 5.10 Å². The van der Waals surface area contributed by atoms with Gasteiger partial charge in [-0.05, 0) is 32.7 Å². The number of hydrogen-bond acceptors (Lipinski definition) is 10. The number of nitrogens with one attached hydrogen (secondary N) is 1. The van der Waals surface area contributed by atoms with Gasteiger partial charge in [0.05, 0.1) is 31.6 Å². The molecule has 0 saturated carbocycles. The summed E-state index contributed by atoms with van der Waals surface area (Å²) < 4.78 is 44.2. The largest absolute Gasteiger partial charge is 0.350 e. The van der Waals surface area contributed by atoms with Crippen LogP contribution in [0.15, 0.2) is 82.6 Å². The monoisotopic (exact) mass is 738 g/mol. The molecule has 7 atom stereocenters. The van der Waals surface area contributed by atoms with Crippen LogP contribution in [0.4, 0.5) is 0 Å². The molecule has 2 aromatic heterocycles. The van der Waals surface area contributed by atoms with Crippen molar-refractivity contribution in [2.45, 2.75) is 82.8 Å². The van der Waals surface area contributed by atoms with Crippen molar-refractivity contribution >= 4 is 39.8 Å². The number of aromatic amines is 1. The molecule has 7 rings (SSSR count). The number of aryl methyl sites for hydroxylation is 1. The Hall–Kier alpha value is -3.06. The summed E-state index contributed by atoms with van der Waals surface area (Å²) in [6.07, 6.45) is 3.90. The lowest BCUT2D eigenvalue weighted by atomic mass is 10.1. The van der Waals surface area contributed by atoms with Crippen LogP contribution >= 0.6 is 15.9 Å². The quantitative estimate of drug-likeness (QED) is 0.170. The van der Waals surface area contributed by atoms with E-state index < -0.39 is 53.7 Å². The molecule has 0 spiro atoms. The van der Waals surface area contributed by atoms with Crippen LogP contribution in [0.3, 0.4) is 0 Å². The summed E-state index contributed by atoms with van der Waals surface area (Å²) in [5.41, 5.74) is -0.308. The van der Waals surface area contributed by atoms with E-state index in [1.54, 1.807) is 24.7 Å². The number of aromatic nitrogens is 5. The van der Waals surface area contributed by atoms with Gasteiger partial charge in [0.25, 0.3) is 14.1 Å². The Morgan fingerprint density at radius 1 is 1.06 bits per heavy atom. The van der Waals surface area contributed by atoms with Crippen LogP contribution in [-0.4, -0.2) is 81.5 Å². The minimum atomic E-state index is -3.13. The van der Waals surface area contributed by atoms with E-state index in [0.717, 1.165) is 25.4 Å².